The summed E-state index contributed by atoms with van der Waals surface area (Å²) in [5.74, 6) is 0.458. The number of hydrogen-bond acceptors (Lipinski definition) is 7. The lowest BCUT2D eigenvalue weighted by molar-refractivity contribution is 0.0862. The summed E-state index contributed by atoms with van der Waals surface area (Å²) in [6.45, 7) is 2.96. The number of carbonyl (C=O) groups is 1. The number of aliphatic hydroxyl groups excluding tert-OH is 1. The number of hydrogen-bond donors (Lipinski definition) is 2. The Labute approximate surface area is 192 Å². The molecule has 8 heteroatoms. The molecule has 1 aromatic heterocycles. The zero-order valence-electron chi connectivity index (χ0n) is 18.4. The van der Waals surface area contributed by atoms with Crippen molar-refractivity contribution in [2.45, 2.75) is 31.8 Å². The van der Waals surface area contributed by atoms with Crippen LogP contribution < -0.4 is 5.32 Å². The monoisotopic (exact) mass is 445 g/mol. The van der Waals surface area contributed by atoms with E-state index in [0.717, 1.165) is 45.6 Å². The molecule has 0 spiro atoms. The van der Waals surface area contributed by atoms with Crippen LogP contribution in [0.1, 0.15) is 34.5 Å². The molecular formula is C25H27N5O3. The van der Waals surface area contributed by atoms with Crippen LogP contribution in [0.2, 0.25) is 0 Å². The van der Waals surface area contributed by atoms with E-state index in [1.807, 2.05) is 6.07 Å². The lowest BCUT2D eigenvalue weighted by Crippen LogP contribution is -2.30. The van der Waals surface area contributed by atoms with E-state index in [1.54, 1.807) is 30.6 Å². The van der Waals surface area contributed by atoms with E-state index in [-0.39, 0.29) is 23.4 Å². The van der Waals surface area contributed by atoms with E-state index in [9.17, 15) is 9.90 Å². The molecule has 3 aliphatic heterocycles. The standard InChI is InChI=1S/C25H27N5O3/c31-23-7-12-29(11-6-22(23)30-10-5-18-3-1-2-4-19(18)16-30)25(32)21-15-24(27-17-26-21)28-20-8-13-33-14-9-20/h1-4,6-7,11-12,15,17,20,31H,5,8-10,13-14,16H2,(H,26,27,28). The Morgan fingerprint density at radius 2 is 1.88 bits per heavy atom. The molecule has 0 atom stereocenters. The third-order valence-electron chi connectivity index (χ3n) is 6.21. The van der Waals surface area contributed by atoms with Gasteiger partial charge in [0, 0.05) is 50.8 Å². The third kappa shape index (κ3) is 4.75. The number of nitrogens with zero attached hydrogens (tertiary/aromatic N) is 4. The summed E-state index contributed by atoms with van der Waals surface area (Å²) < 4.78 is 5.39. The van der Waals surface area contributed by atoms with Gasteiger partial charge in [-0.15, -0.1) is 0 Å². The molecule has 170 valence electrons. The van der Waals surface area contributed by atoms with E-state index in [2.05, 4.69) is 38.4 Å². The molecule has 1 fully saturated rings. The highest BCUT2D eigenvalue weighted by Gasteiger charge is 2.22. The SMILES string of the molecule is O=C(c1cc(NC2CCOCC2)ncn1)N1C=CC(O)=C(N2CCc3ccccc3C2)C=C1. The van der Waals surface area contributed by atoms with Crippen molar-refractivity contribution in [2.24, 2.45) is 0 Å². The summed E-state index contributed by atoms with van der Waals surface area (Å²) >= 11 is 0. The molecule has 5 rings (SSSR count). The predicted molar refractivity (Wildman–Crippen MR) is 124 cm³/mol. The molecule has 0 radical (unpaired) electrons. The number of aliphatic hydroxyl groups is 1. The first-order valence-electron chi connectivity index (χ1n) is 11.3. The Morgan fingerprint density at radius 3 is 2.73 bits per heavy atom. The molecule has 0 unspecified atom stereocenters. The molecule has 0 saturated carbocycles. The summed E-state index contributed by atoms with van der Waals surface area (Å²) in [6, 6.07) is 10.3. The van der Waals surface area contributed by atoms with E-state index in [0.29, 0.717) is 11.5 Å². The van der Waals surface area contributed by atoms with Gasteiger partial charge in [-0.2, -0.15) is 0 Å². The highest BCUT2D eigenvalue weighted by Crippen LogP contribution is 2.25. The van der Waals surface area contributed by atoms with Crippen LogP contribution >= 0.6 is 0 Å². The number of ether oxygens (including phenoxy) is 1. The summed E-state index contributed by atoms with van der Waals surface area (Å²) in [6.07, 6.45) is 10.7. The van der Waals surface area contributed by atoms with Gasteiger partial charge in [-0.25, -0.2) is 9.97 Å². The maximum absolute atomic E-state index is 13.1. The summed E-state index contributed by atoms with van der Waals surface area (Å²) in [7, 11) is 0. The van der Waals surface area contributed by atoms with Crippen molar-refractivity contribution in [2.75, 3.05) is 25.1 Å². The van der Waals surface area contributed by atoms with Crippen molar-refractivity contribution in [3.63, 3.8) is 0 Å². The molecule has 0 aliphatic carbocycles. The van der Waals surface area contributed by atoms with Gasteiger partial charge in [0.15, 0.2) is 0 Å². The van der Waals surface area contributed by atoms with Gasteiger partial charge in [0.1, 0.15) is 23.6 Å². The van der Waals surface area contributed by atoms with E-state index in [4.69, 9.17) is 4.74 Å². The molecule has 1 aromatic carbocycles. The number of fused-ring (bicyclic) bond motifs is 1. The van der Waals surface area contributed by atoms with Crippen LogP contribution in [-0.4, -0.2) is 56.6 Å². The molecule has 33 heavy (non-hydrogen) atoms. The van der Waals surface area contributed by atoms with E-state index < -0.39 is 0 Å². The lowest BCUT2D eigenvalue weighted by Gasteiger charge is -2.31. The largest absolute Gasteiger partial charge is 0.506 e. The first kappa shape index (κ1) is 21.2. The second kappa shape index (κ2) is 9.46. The molecule has 1 saturated heterocycles. The number of carbonyl (C=O) groups excluding carboxylic acids is 1. The van der Waals surface area contributed by atoms with Crippen LogP contribution in [-0.2, 0) is 17.7 Å². The lowest BCUT2D eigenvalue weighted by atomic mass is 9.99. The van der Waals surface area contributed by atoms with Crippen LogP contribution in [0.5, 0.6) is 0 Å². The van der Waals surface area contributed by atoms with Gasteiger partial charge in [0.05, 0.1) is 5.70 Å². The van der Waals surface area contributed by atoms with Gasteiger partial charge in [-0.05, 0) is 42.5 Å². The summed E-state index contributed by atoms with van der Waals surface area (Å²) in [4.78, 5) is 25.1. The van der Waals surface area contributed by atoms with Crippen molar-refractivity contribution in [1.29, 1.82) is 0 Å². The fourth-order valence-electron chi connectivity index (χ4n) is 4.36. The minimum atomic E-state index is -0.294. The van der Waals surface area contributed by atoms with E-state index >= 15 is 0 Å². The zero-order chi connectivity index (χ0) is 22.6. The average Bonchev–Trinajstić information content (AvgIpc) is 3.05. The average molecular weight is 446 g/mol. The van der Waals surface area contributed by atoms with Crippen molar-refractivity contribution in [3.8, 4) is 0 Å². The van der Waals surface area contributed by atoms with E-state index in [1.165, 1.54) is 22.4 Å². The number of benzene rings is 1. The summed E-state index contributed by atoms with van der Waals surface area (Å²) in [5.41, 5.74) is 3.57. The fourth-order valence-corrected chi connectivity index (χ4v) is 4.36. The Balaban J connectivity index is 1.29. The number of nitrogens with one attached hydrogen (secondary N) is 1. The summed E-state index contributed by atoms with van der Waals surface area (Å²) in [5, 5.41) is 14.0. The minimum absolute atomic E-state index is 0.130. The van der Waals surface area contributed by atoms with Gasteiger partial charge in [0.25, 0.3) is 5.91 Å². The van der Waals surface area contributed by atoms with Crippen molar-refractivity contribution < 1.29 is 14.6 Å². The highest BCUT2D eigenvalue weighted by molar-refractivity contribution is 5.94. The van der Waals surface area contributed by atoms with Crippen LogP contribution in [0.4, 0.5) is 5.82 Å². The van der Waals surface area contributed by atoms with Gasteiger partial charge in [-0.3, -0.25) is 9.69 Å². The second-order valence-corrected chi connectivity index (χ2v) is 8.37. The maximum Gasteiger partial charge on any atom is 0.280 e. The first-order valence-corrected chi connectivity index (χ1v) is 11.3. The Kier molecular flexibility index (Phi) is 6.08. The molecule has 1 amide bonds. The molecule has 8 nitrogen and oxygen atoms in total. The molecule has 0 bridgehead atoms. The van der Waals surface area contributed by atoms with Gasteiger partial charge < -0.3 is 20.1 Å². The molecule has 3 aliphatic rings. The minimum Gasteiger partial charge on any atom is -0.506 e. The van der Waals surface area contributed by atoms with Crippen LogP contribution in [0.25, 0.3) is 0 Å². The predicted octanol–water partition coefficient (Wildman–Crippen LogP) is 3.38. The van der Waals surface area contributed by atoms with Crippen molar-refractivity contribution in [1.82, 2.24) is 19.8 Å². The quantitative estimate of drug-likeness (QED) is 0.746. The highest BCUT2D eigenvalue weighted by atomic mass is 16.5. The van der Waals surface area contributed by atoms with Crippen LogP contribution in [0, 0.1) is 0 Å². The maximum atomic E-state index is 13.1. The smallest absolute Gasteiger partial charge is 0.280 e. The third-order valence-corrected chi connectivity index (χ3v) is 6.21. The van der Waals surface area contributed by atoms with Crippen molar-refractivity contribution in [3.05, 3.63) is 89.5 Å². The molecule has 2 aromatic rings. The molecular weight excluding hydrogens is 418 g/mol. The Bertz CT molecular complexity index is 1120. The zero-order valence-corrected chi connectivity index (χ0v) is 18.4. The van der Waals surface area contributed by atoms with Crippen molar-refractivity contribution >= 4 is 11.7 Å². The van der Waals surface area contributed by atoms with Crippen LogP contribution in [0.15, 0.2) is 72.7 Å². The number of aromatic nitrogens is 2. The molecule has 4 heterocycles. The number of amides is 1. The van der Waals surface area contributed by atoms with Gasteiger partial charge in [-0.1, -0.05) is 24.3 Å². The first-order chi connectivity index (χ1) is 16.2. The number of allylic oxidation sites excluding steroid dienone is 2. The number of rotatable bonds is 4. The van der Waals surface area contributed by atoms with Crippen LogP contribution in [0.3, 0.4) is 0 Å². The normalized spacial score (nSPS) is 18.8. The topological polar surface area (TPSA) is 90.8 Å². The van der Waals surface area contributed by atoms with Gasteiger partial charge >= 0.3 is 0 Å². The fraction of sp³-hybridized carbons (Fsp3) is 0.320. The Morgan fingerprint density at radius 1 is 1.09 bits per heavy atom. The molecule has 2 N–H and O–H groups in total. The number of anilines is 1. The second-order valence-electron chi connectivity index (χ2n) is 8.37. The Hall–Kier alpha value is -3.65. The van der Waals surface area contributed by atoms with Gasteiger partial charge in [0.2, 0.25) is 0 Å².